The van der Waals surface area contributed by atoms with E-state index < -0.39 is 0 Å². The third-order valence-corrected chi connectivity index (χ3v) is 8.91. The van der Waals surface area contributed by atoms with E-state index in [0.717, 1.165) is 46.8 Å². The van der Waals surface area contributed by atoms with Crippen LogP contribution >= 0.6 is 22.7 Å². The fraction of sp³-hybridized carbons (Fsp3) is 0.533. The molecule has 0 unspecified atom stereocenters. The number of nitrogens with zero attached hydrogens (tertiary/aromatic N) is 2. The Bertz CT molecular complexity index is 980. The normalized spacial score (nSPS) is 15.7. The fourth-order valence-corrected chi connectivity index (χ4v) is 6.83. The van der Waals surface area contributed by atoms with Gasteiger partial charge in [0.05, 0.1) is 32.3 Å². The molecule has 2 aliphatic heterocycles. The van der Waals surface area contributed by atoms with Crippen LogP contribution in [0.5, 0.6) is 0 Å². The van der Waals surface area contributed by atoms with Gasteiger partial charge in [-0.05, 0) is 35.7 Å². The Hall–Kier alpha value is -2.18. The van der Waals surface area contributed by atoms with Crippen molar-refractivity contribution in [2.75, 3.05) is 13.1 Å². The summed E-state index contributed by atoms with van der Waals surface area (Å²) in [6, 6.07) is 8.12. The SMILES string of the molecule is CCCCCCCCN1C(=O)C2=C(c3cccs3)N(CCCCCCCC)C(=O)C2=C1c1cccs1. The second kappa shape index (κ2) is 13.4. The summed E-state index contributed by atoms with van der Waals surface area (Å²) in [5.41, 5.74) is 2.93. The first-order valence-electron chi connectivity index (χ1n) is 13.9. The van der Waals surface area contributed by atoms with Crippen molar-refractivity contribution in [3.8, 4) is 0 Å². The summed E-state index contributed by atoms with van der Waals surface area (Å²) in [6.07, 6.45) is 14.1. The summed E-state index contributed by atoms with van der Waals surface area (Å²) in [7, 11) is 0. The van der Waals surface area contributed by atoms with E-state index in [1.165, 1.54) is 51.4 Å². The highest BCUT2D eigenvalue weighted by Crippen LogP contribution is 2.48. The van der Waals surface area contributed by atoms with Gasteiger partial charge < -0.3 is 9.80 Å². The molecule has 194 valence electrons. The van der Waals surface area contributed by atoms with Crippen LogP contribution in [0.1, 0.15) is 101 Å². The molecule has 0 N–H and O–H groups in total. The third kappa shape index (κ3) is 5.86. The van der Waals surface area contributed by atoms with Gasteiger partial charge in [-0.2, -0.15) is 0 Å². The molecule has 2 amide bonds. The van der Waals surface area contributed by atoms with E-state index in [1.807, 2.05) is 44.8 Å². The molecule has 0 aromatic carbocycles. The fourth-order valence-electron chi connectivity index (χ4n) is 5.26. The van der Waals surface area contributed by atoms with Crippen LogP contribution in [0.2, 0.25) is 0 Å². The Morgan fingerprint density at radius 2 is 0.972 bits per heavy atom. The van der Waals surface area contributed by atoms with Crippen molar-refractivity contribution < 1.29 is 9.59 Å². The number of fused-ring (bicyclic) bond motifs is 1. The summed E-state index contributed by atoms with van der Waals surface area (Å²) in [5.74, 6) is 0.00769. The highest BCUT2D eigenvalue weighted by molar-refractivity contribution is 7.11. The largest absolute Gasteiger partial charge is 0.306 e. The Morgan fingerprint density at radius 3 is 1.33 bits per heavy atom. The lowest BCUT2D eigenvalue weighted by Gasteiger charge is -2.24. The first-order valence-corrected chi connectivity index (χ1v) is 15.6. The van der Waals surface area contributed by atoms with Gasteiger partial charge in [0.1, 0.15) is 0 Å². The summed E-state index contributed by atoms with van der Waals surface area (Å²) < 4.78 is 0. The maximum absolute atomic E-state index is 14.0. The molecule has 36 heavy (non-hydrogen) atoms. The zero-order valence-corrected chi connectivity index (χ0v) is 23.5. The van der Waals surface area contributed by atoms with Crippen molar-refractivity contribution in [2.24, 2.45) is 0 Å². The molecule has 0 atom stereocenters. The second-order valence-electron chi connectivity index (χ2n) is 9.85. The number of carbonyl (C=O) groups is 2. The molecule has 2 aliphatic rings. The average Bonchev–Trinajstić information content (AvgIpc) is 3.67. The van der Waals surface area contributed by atoms with Crippen molar-refractivity contribution in [3.05, 3.63) is 55.9 Å². The Kier molecular flexibility index (Phi) is 9.99. The summed E-state index contributed by atoms with van der Waals surface area (Å²) in [4.78, 5) is 33.8. The van der Waals surface area contributed by atoms with Crippen molar-refractivity contribution in [1.29, 1.82) is 0 Å². The molecule has 0 spiro atoms. The van der Waals surface area contributed by atoms with Crippen molar-refractivity contribution in [1.82, 2.24) is 9.80 Å². The van der Waals surface area contributed by atoms with Crippen LogP contribution in [-0.2, 0) is 9.59 Å². The highest BCUT2D eigenvalue weighted by atomic mass is 32.1. The zero-order chi connectivity index (χ0) is 25.3. The molecule has 4 rings (SSSR count). The predicted octanol–water partition coefficient (Wildman–Crippen LogP) is 8.34. The number of hydrogen-bond acceptors (Lipinski definition) is 4. The lowest BCUT2D eigenvalue weighted by Crippen LogP contribution is -2.30. The van der Waals surface area contributed by atoms with E-state index in [2.05, 4.69) is 13.8 Å². The van der Waals surface area contributed by atoms with Gasteiger partial charge >= 0.3 is 0 Å². The average molecular weight is 525 g/mol. The van der Waals surface area contributed by atoms with Crippen molar-refractivity contribution >= 4 is 45.9 Å². The number of unbranched alkanes of at least 4 members (excludes halogenated alkanes) is 10. The van der Waals surface area contributed by atoms with Crippen LogP contribution in [0.15, 0.2) is 46.2 Å². The molecule has 4 nitrogen and oxygen atoms in total. The van der Waals surface area contributed by atoms with E-state index in [1.54, 1.807) is 22.7 Å². The molecule has 0 radical (unpaired) electrons. The van der Waals surface area contributed by atoms with Gasteiger partial charge in [0.15, 0.2) is 0 Å². The van der Waals surface area contributed by atoms with E-state index in [0.29, 0.717) is 24.2 Å². The predicted molar refractivity (Wildman–Crippen MR) is 153 cm³/mol. The van der Waals surface area contributed by atoms with Gasteiger partial charge in [-0.25, -0.2) is 0 Å². The first kappa shape index (κ1) is 26.9. The van der Waals surface area contributed by atoms with E-state index in [4.69, 9.17) is 0 Å². The summed E-state index contributed by atoms with van der Waals surface area (Å²) in [5, 5.41) is 4.07. The molecular weight excluding hydrogens is 484 g/mol. The standard InChI is InChI=1S/C30H40N2O2S2/c1-3-5-7-9-11-13-19-31-27(23-17-15-21-35-23)25-26(29(31)33)28(24-18-16-22-36-24)32(30(25)34)20-14-12-10-8-6-4-2/h15-18,21-22H,3-14,19-20H2,1-2H3. The maximum Gasteiger partial charge on any atom is 0.261 e. The monoisotopic (exact) mass is 524 g/mol. The van der Waals surface area contributed by atoms with Crippen LogP contribution in [0.3, 0.4) is 0 Å². The number of hydrogen-bond donors (Lipinski definition) is 0. The maximum atomic E-state index is 14.0. The van der Waals surface area contributed by atoms with Gasteiger partial charge in [0.2, 0.25) is 0 Å². The molecule has 2 aromatic heterocycles. The summed E-state index contributed by atoms with van der Waals surface area (Å²) in [6.45, 7) is 5.81. The van der Waals surface area contributed by atoms with E-state index in [9.17, 15) is 9.59 Å². The topological polar surface area (TPSA) is 40.6 Å². The molecule has 0 aliphatic carbocycles. The van der Waals surface area contributed by atoms with Gasteiger partial charge in [-0.1, -0.05) is 90.2 Å². The zero-order valence-electron chi connectivity index (χ0n) is 21.9. The van der Waals surface area contributed by atoms with Crippen LogP contribution in [0.4, 0.5) is 0 Å². The Morgan fingerprint density at radius 1 is 0.583 bits per heavy atom. The number of carbonyl (C=O) groups excluding carboxylic acids is 2. The molecule has 2 aromatic rings. The number of thiophene rings is 2. The summed E-state index contributed by atoms with van der Waals surface area (Å²) >= 11 is 3.23. The minimum absolute atomic E-state index is 0.00385. The smallest absolute Gasteiger partial charge is 0.261 e. The second-order valence-corrected chi connectivity index (χ2v) is 11.7. The quantitative estimate of drug-likeness (QED) is 0.207. The lowest BCUT2D eigenvalue weighted by molar-refractivity contribution is -0.124. The van der Waals surface area contributed by atoms with Gasteiger partial charge in [0.25, 0.3) is 11.8 Å². The molecule has 0 saturated carbocycles. The van der Waals surface area contributed by atoms with Gasteiger partial charge in [0, 0.05) is 13.1 Å². The van der Waals surface area contributed by atoms with Crippen LogP contribution in [-0.4, -0.2) is 34.7 Å². The van der Waals surface area contributed by atoms with Crippen LogP contribution in [0, 0.1) is 0 Å². The minimum atomic E-state index is 0.00385. The molecular formula is C30H40N2O2S2. The third-order valence-electron chi connectivity index (χ3n) is 7.16. The number of rotatable bonds is 16. The number of amides is 2. The molecule has 0 saturated heterocycles. The van der Waals surface area contributed by atoms with Gasteiger partial charge in [-0.3, -0.25) is 9.59 Å². The van der Waals surface area contributed by atoms with Gasteiger partial charge in [-0.15, -0.1) is 22.7 Å². The van der Waals surface area contributed by atoms with Crippen LogP contribution in [0.25, 0.3) is 11.4 Å². The lowest BCUT2D eigenvalue weighted by atomic mass is 10.1. The highest BCUT2D eigenvalue weighted by Gasteiger charge is 2.48. The first-order chi connectivity index (χ1) is 17.7. The van der Waals surface area contributed by atoms with E-state index >= 15 is 0 Å². The molecule has 0 fully saturated rings. The Balaban J connectivity index is 1.61. The van der Waals surface area contributed by atoms with Crippen molar-refractivity contribution in [2.45, 2.75) is 90.9 Å². The Labute approximate surface area is 224 Å². The van der Waals surface area contributed by atoms with Crippen LogP contribution < -0.4 is 0 Å². The van der Waals surface area contributed by atoms with Crippen molar-refractivity contribution in [3.63, 3.8) is 0 Å². The molecule has 0 bridgehead atoms. The minimum Gasteiger partial charge on any atom is -0.306 e. The molecule has 6 heteroatoms. The van der Waals surface area contributed by atoms with E-state index in [-0.39, 0.29) is 11.8 Å². The molecule has 4 heterocycles.